The Balaban J connectivity index is 1.42. The highest BCUT2D eigenvalue weighted by atomic mass is 35.5. The van der Waals surface area contributed by atoms with Crippen LogP contribution in [0.5, 0.6) is 11.5 Å². The Morgan fingerprint density at radius 1 is 1.00 bits per heavy atom. The minimum absolute atomic E-state index is 0.221. The fraction of sp³-hybridized carbons (Fsp3) is 0.114. The quantitative estimate of drug-likeness (QED) is 0.200. The van der Waals surface area contributed by atoms with Crippen LogP contribution in [0.1, 0.15) is 29.7 Å². The van der Waals surface area contributed by atoms with Gasteiger partial charge < -0.3 is 14.8 Å². The molecular formula is C35H27Cl2N3O4S. The minimum Gasteiger partial charge on any atom is -0.497 e. The molecule has 0 unspecified atom stereocenters. The first-order chi connectivity index (χ1) is 21.8. The van der Waals surface area contributed by atoms with Gasteiger partial charge in [-0.1, -0.05) is 89.1 Å². The molecule has 0 fully saturated rings. The van der Waals surface area contributed by atoms with E-state index in [1.807, 2.05) is 84.9 Å². The molecule has 7 nitrogen and oxygen atoms in total. The van der Waals surface area contributed by atoms with Gasteiger partial charge in [-0.3, -0.25) is 14.2 Å². The van der Waals surface area contributed by atoms with Crippen LogP contribution in [-0.2, 0) is 11.4 Å². The molecule has 0 spiro atoms. The average Bonchev–Trinajstić information content (AvgIpc) is 3.34. The summed E-state index contributed by atoms with van der Waals surface area (Å²) in [6, 6.07) is 28.5. The van der Waals surface area contributed by atoms with Crippen molar-refractivity contribution in [1.82, 2.24) is 4.57 Å². The number of benzene rings is 4. The van der Waals surface area contributed by atoms with Gasteiger partial charge >= 0.3 is 0 Å². The van der Waals surface area contributed by atoms with Crippen molar-refractivity contribution in [3.63, 3.8) is 0 Å². The lowest BCUT2D eigenvalue weighted by Crippen LogP contribution is -2.40. The van der Waals surface area contributed by atoms with Gasteiger partial charge in [0.15, 0.2) is 4.80 Å². The predicted octanol–water partition coefficient (Wildman–Crippen LogP) is 6.77. The zero-order valence-corrected chi connectivity index (χ0v) is 26.6. The molecule has 2 heterocycles. The molecule has 226 valence electrons. The van der Waals surface area contributed by atoms with Gasteiger partial charge in [0, 0.05) is 26.9 Å². The molecule has 1 atom stereocenters. The number of thiazole rings is 1. The summed E-state index contributed by atoms with van der Waals surface area (Å²) < 4.78 is 13.5. The Kier molecular flexibility index (Phi) is 8.89. The van der Waals surface area contributed by atoms with Crippen molar-refractivity contribution in [2.75, 3.05) is 12.4 Å². The molecule has 0 saturated carbocycles. The SMILES string of the molecule is COc1ccc([C@H]2C(C(=O)Nc3ccccc3)=C(C)N=c3s/c(=C/c4ccccc4OCc4ccc(Cl)cc4Cl)c(=O)n32)cc1. The zero-order chi connectivity index (χ0) is 31.5. The van der Waals surface area contributed by atoms with E-state index in [4.69, 9.17) is 37.7 Å². The van der Waals surface area contributed by atoms with E-state index < -0.39 is 6.04 Å². The maximum absolute atomic E-state index is 14.2. The summed E-state index contributed by atoms with van der Waals surface area (Å²) in [5.74, 6) is 0.913. The Morgan fingerprint density at radius 3 is 2.47 bits per heavy atom. The lowest BCUT2D eigenvalue weighted by atomic mass is 9.95. The van der Waals surface area contributed by atoms with Gasteiger partial charge in [-0.2, -0.15) is 0 Å². The molecule has 0 radical (unpaired) electrons. The monoisotopic (exact) mass is 655 g/mol. The number of methoxy groups -OCH3 is 1. The van der Waals surface area contributed by atoms with E-state index in [0.717, 1.165) is 11.1 Å². The van der Waals surface area contributed by atoms with Crippen LogP contribution >= 0.6 is 34.5 Å². The van der Waals surface area contributed by atoms with Gasteiger partial charge in [-0.05, 0) is 61.0 Å². The molecule has 0 saturated heterocycles. The molecule has 0 bridgehead atoms. The number of amides is 1. The standard InChI is InChI=1S/C35H27Cl2N3O4S/c1-21-31(33(41)39-26-9-4-3-5-10-26)32(22-13-16-27(43-2)17-14-22)40-34(42)30(45-35(40)38-21)18-23-8-6-7-11-29(23)44-20-24-12-15-25(36)19-28(24)37/h3-19,32H,20H2,1-2H3,(H,39,41)/b30-18+/t32-/m0/s1. The van der Waals surface area contributed by atoms with E-state index in [-0.39, 0.29) is 18.1 Å². The summed E-state index contributed by atoms with van der Waals surface area (Å²) in [6.07, 6.45) is 1.79. The molecule has 4 aromatic carbocycles. The fourth-order valence-electron chi connectivity index (χ4n) is 5.10. The second-order valence-corrected chi connectivity index (χ2v) is 12.1. The van der Waals surface area contributed by atoms with Crippen molar-refractivity contribution in [3.05, 3.63) is 155 Å². The largest absolute Gasteiger partial charge is 0.497 e. The van der Waals surface area contributed by atoms with Crippen molar-refractivity contribution >= 4 is 52.2 Å². The number of nitrogens with zero attached hydrogens (tertiary/aromatic N) is 2. The van der Waals surface area contributed by atoms with E-state index in [2.05, 4.69) is 5.32 Å². The number of nitrogens with one attached hydrogen (secondary N) is 1. The fourth-order valence-corrected chi connectivity index (χ4v) is 6.60. The minimum atomic E-state index is -0.712. The van der Waals surface area contributed by atoms with Crippen LogP contribution in [0.4, 0.5) is 5.69 Å². The van der Waals surface area contributed by atoms with E-state index in [1.54, 1.807) is 36.8 Å². The van der Waals surface area contributed by atoms with E-state index in [0.29, 0.717) is 53.4 Å². The van der Waals surface area contributed by atoms with Gasteiger partial charge in [-0.25, -0.2) is 4.99 Å². The number of aromatic nitrogens is 1. The van der Waals surface area contributed by atoms with E-state index in [9.17, 15) is 9.59 Å². The van der Waals surface area contributed by atoms with Crippen molar-refractivity contribution < 1.29 is 14.3 Å². The smallest absolute Gasteiger partial charge is 0.271 e. The van der Waals surface area contributed by atoms with E-state index in [1.165, 1.54) is 11.3 Å². The molecule has 5 aromatic rings. The summed E-state index contributed by atoms with van der Waals surface area (Å²) in [5.41, 5.74) is 3.53. The summed E-state index contributed by atoms with van der Waals surface area (Å²) in [6.45, 7) is 2.01. The van der Waals surface area contributed by atoms with Gasteiger partial charge in [-0.15, -0.1) is 0 Å². The third kappa shape index (κ3) is 6.44. The van der Waals surface area contributed by atoms with Crippen LogP contribution in [0.15, 0.2) is 118 Å². The third-order valence-electron chi connectivity index (χ3n) is 7.33. The number of para-hydroxylation sites is 2. The highest BCUT2D eigenvalue weighted by Crippen LogP contribution is 2.32. The first-order valence-electron chi connectivity index (χ1n) is 14.0. The number of fused-ring (bicyclic) bond motifs is 1. The van der Waals surface area contributed by atoms with Crippen LogP contribution in [0, 0.1) is 0 Å². The zero-order valence-electron chi connectivity index (χ0n) is 24.3. The molecule has 10 heteroatoms. The molecule has 1 N–H and O–H groups in total. The summed E-state index contributed by atoms with van der Waals surface area (Å²) in [7, 11) is 1.59. The number of halogens is 2. The maximum atomic E-state index is 14.2. The topological polar surface area (TPSA) is 81.9 Å². The summed E-state index contributed by atoms with van der Waals surface area (Å²) in [4.78, 5) is 33.2. The van der Waals surface area contributed by atoms with Crippen LogP contribution in [-0.4, -0.2) is 17.6 Å². The Morgan fingerprint density at radius 2 is 1.73 bits per heavy atom. The molecule has 1 aromatic heterocycles. The second-order valence-electron chi connectivity index (χ2n) is 10.2. The first kappa shape index (κ1) is 30.4. The second kappa shape index (κ2) is 13.2. The lowest BCUT2D eigenvalue weighted by Gasteiger charge is -2.25. The highest BCUT2D eigenvalue weighted by molar-refractivity contribution is 7.07. The Hall–Kier alpha value is -4.63. The molecule has 0 aliphatic carbocycles. The number of anilines is 1. The molecule has 6 rings (SSSR count). The van der Waals surface area contributed by atoms with Crippen LogP contribution in [0.2, 0.25) is 10.0 Å². The van der Waals surface area contributed by atoms with Crippen molar-refractivity contribution in [2.24, 2.45) is 4.99 Å². The Labute approximate surface area is 273 Å². The van der Waals surface area contributed by atoms with Crippen LogP contribution in [0.25, 0.3) is 6.08 Å². The van der Waals surface area contributed by atoms with E-state index >= 15 is 0 Å². The van der Waals surface area contributed by atoms with Crippen LogP contribution < -0.4 is 29.7 Å². The lowest BCUT2D eigenvalue weighted by molar-refractivity contribution is -0.113. The van der Waals surface area contributed by atoms with Gasteiger partial charge in [0.1, 0.15) is 18.1 Å². The molecular weight excluding hydrogens is 629 g/mol. The van der Waals surface area contributed by atoms with Gasteiger partial charge in [0.05, 0.1) is 29.0 Å². The number of carbonyl (C=O) groups is 1. The number of carbonyl (C=O) groups excluding carboxylic acids is 1. The predicted molar refractivity (Wildman–Crippen MR) is 179 cm³/mol. The number of ether oxygens (including phenoxy) is 2. The Bertz CT molecular complexity index is 2110. The van der Waals surface area contributed by atoms with Crippen molar-refractivity contribution in [1.29, 1.82) is 0 Å². The third-order valence-corrected chi connectivity index (χ3v) is 8.90. The maximum Gasteiger partial charge on any atom is 0.271 e. The number of hydrogen-bond donors (Lipinski definition) is 1. The molecule has 1 amide bonds. The summed E-state index contributed by atoms with van der Waals surface area (Å²) >= 11 is 13.7. The van der Waals surface area contributed by atoms with Crippen molar-refractivity contribution in [2.45, 2.75) is 19.6 Å². The first-order valence-corrected chi connectivity index (χ1v) is 15.6. The number of hydrogen-bond acceptors (Lipinski definition) is 6. The van der Waals surface area contributed by atoms with Gasteiger partial charge in [0.2, 0.25) is 0 Å². The number of allylic oxidation sites excluding steroid dienone is 1. The molecule has 1 aliphatic heterocycles. The van der Waals surface area contributed by atoms with Crippen molar-refractivity contribution in [3.8, 4) is 11.5 Å². The number of rotatable bonds is 8. The molecule has 45 heavy (non-hydrogen) atoms. The highest BCUT2D eigenvalue weighted by Gasteiger charge is 2.32. The molecule has 1 aliphatic rings. The normalized spacial score (nSPS) is 14.5. The summed E-state index contributed by atoms with van der Waals surface area (Å²) in [5, 5.41) is 4.02. The average molecular weight is 657 g/mol. The van der Waals surface area contributed by atoms with Crippen LogP contribution in [0.3, 0.4) is 0 Å². The van der Waals surface area contributed by atoms with Gasteiger partial charge in [0.25, 0.3) is 11.5 Å².